The van der Waals surface area contributed by atoms with E-state index in [1.807, 2.05) is 0 Å². The Balaban J connectivity index is 2.54. The van der Waals surface area contributed by atoms with E-state index in [9.17, 15) is 12.8 Å². The molecule has 0 bridgehead atoms. The minimum Gasteiger partial charge on any atom is -0.309 e. The lowest BCUT2D eigenvalue weighted by atomic mass is 10.1. The first kappa shape index (κ1) is 16.6. The molecule has 0 spiro atoms. The Kier molecular flexibility index (Phi) is 6.38. The van der Waals surface area contributed by atoms with Crippen LogP contribution in [0.3, 0.4) is 0 Å². The number of nitrogens with one attached hydrogen (secondary N) is 2. The Hall–Kier alpha value is -0.500. The Morgan fingerprint density at radius 2 is 2.11 bits per heavy atom. The lowest BCUT2D eigenvalue weighted by Gasteiger charge is -2.15. The number of hydrogen-bond acceptors (Lipinski definition) is 3. The molecule has 4 nitrogen and oxygen atoms in total. The van der Waals surface area contributed by atoms with E-state index in [-0.39, 0.29) is 24.2 Å². The molecule has 7 heteroatoms. The van der Waals surface area contributed by atoms with Gasteiger partial charge < -0.3 is 5.32 Å². The molecule has 108 valence electrons. The van der Waals surface area contributed by atoms with Crippen LogP contribution >= 0.6 is 15.9 Å². The van der Waals surface area contributed by atoms with Crippen molar-refractivity contribution in [2.75, 3.05) is 18.8 Å². The summed E-state index contributed by atoms with van der Waals surface area (Å²) in [5.41, 5.74) is 0.518. The first-order valence-corrected chi connectivity index (χ1v) is 8.46. The molecule has 0 aliphatic rings. The van der Waals surface area contributed by atoms with Crippen LogP contribution in [0.25, 0.3) is 0 Å². The number of hydrogen-bond donors (Lipinski definition) is 2. The summed E-state index contributed by atoms with van der Waals surface area (Å²) in [6, 6.07) is 4.58. The normalized spacial score (nSPS) is 13.5. The Labute approximate surface area is 122 Å². The van der Waals surface area contributed by atoms with Crippen molar-refractivity contribution in [3.05, 3.63) is 34.1 Å². The van der Waals surface area contributed by atoms with Gasteiger partial charge in [-0.2, -0.15) is 0 Å². The first-order chi connectivity index (χ1) is 8.85. The van der Waals surface area contributed by atoms with Crippen molar-refractivity contribution in [2.24, 2.45) is 0 Å². The topological polar surface area (TPSA) is 58.2 Å². The molecule has 0 saturated heterocycles. The van der Waals surface area contributed by atoms with Crippen LogP contribution in [0.4, 0.5) is 4.39 Å². The summed E-state index contributed by atoms with van der Waals surface area (Å²) in [5, 5.41) is 3.00. The summed E-state index contributed by atoms with van der Waals surface area (Å²) >= 11 is 3.19. The number of sulfonamides is 1. The van der Waals surface area contributed by atoms with E-state index in [4.69, 9.17) is 0 Å². The molecule has 1 rings (SSSR count). The van der Waals surface area contributed by atoms with Gasteiger partial charge in [0.05, 0.1) is 5.75 Å². The van der Waals surface area contributed by atoms with Crippen LogP contribution < -0.4 is 10.0 Å². The molecule has 1 atom stereocenters. The van der Waals surface area contributed by atoms with Crippen molar-refractivity contribution in [1.29, 1.82) is 0 Å². The number of rotatable bonds is 7. The average Bonchev–Trinajstić information content (AvgIpc) is 2.28. The first-order valence-electron chi connectivity index (χ1n) is 6.01. The molecule has 0 radical (unpaired) electrons. The highest BCUT2D eigenvalue weighted by molar-refractivity contribution is 9.10. The van der Waals surface area contributed by atoms with E-state index < -0.39 is 10.0 Å². The molecular formula is C12H18BrFN2O2S. The second kappa shape index (κ2) is 7.33. The van der Waals surface area contributed by atoms with Crippen molar-refractivity contribution in [3.8, 4) is 0 Å². The zero-order valence-corrected chi connectivity index (χ0v) is 13.3. The quantitative estimate of drug-likeness (QED) is 0.790. The van der Waals surface area contributed by atoms with Gasteiger partial charge in [-0.1, -0.05) is 28.9 Å². The van der Waals surface area contributed by atoms with Crippen molar-refractivity contribution in [1.82, 2.24) is 10.0 Å². The maximum atomic E-state index is 13.7. The van der Waals surface area contributed by atoms with Crippen LogP contribution in [-0.4, -0.2) is 27.3 Å². The summed E-state index contributed by atoms with van der Waals surface area (Å²) in [5.74, 6) is -0.340. The van der Waals surface area contributed by atoms with Gasteiger partial charge in [0.15, 0.2) is 0 Å². The minimum atomic E-state index is -3.24. The molecule has 1 unspecified atom stereocenters. The van der Waals surface area contributed by atoms with Crippen molar-refractivity contribution < 1.29 is 12.8 Å². The van der Waals surface area contributed by atoms with Crippen molar-refractivity contribution >= 4 is 26.0 Å². The van der Waals surface area contributed by atoms with Gasteiger partial charge in [0, 0.05) is 29.2 Å². The van der Waals surface area contributed by atoms with E-state index in [1.54, 1.807) is 26.0 Å². The largest absolute Gasteiger partial charge is 0.309 e. The van der Waals surface area contributed by atoms with Gasteiger partial charge in [-0.25, -0.2) is 17.5 Å². The Bertz CT molecular complexity index is 522. The fourth-order valence-corrected chi connectivity index (χ4v) is 2.97. The van der Waals surface area contributed by atoms with Crippen LogP contribution in [0.15, 0.2) is 22.7 Å². The maximum Gasteiger partial charge on any atom is 0.212 e. The summed E-state index contributed by atoms with van der Waals surface area (Å²) in [7, 11) is -3.24. The summed E-state index contributed by atoms with van der Waals surface area (Å²) < 4.78 is 39.6. The van der Waals surface area contributed by atoms with E-state index >= 15 is 0 Å². The molecule has 1 aromatic carbocycles. The van der Waals surface area contributed by atoms with E-state index in [0.717, 1.165) is 0 Å². The van der Waals surface area contributed by atoms with Crippen LogP contribution in [0.5, 0.6) is 0 Å². The van der Waals surface area contributed by atoms with Crippen LogP contribution in [0.2, 0.25) is 0 Å². The third kappa shape index (κ3) is 5.56. The summed E-state index contributed by atoms with van der Waals surface area (Å²) in [6.07, 6.45) is 0. The van der Waals surface area contributed by atoms with Gasteiger partial charge in [0.25, 0.3) is 0 Å². The second-order valence-electron chi connectivity index (χ2n) is 4.16. The molecule has 19 heavy (non-hydrogen) atoms. The molecular weight excluding hydrogens is 335 g/mol. The van der Waals surface area contributed by atoms with Gasteiger partial charge in [-0.3, -0.25) is 0 Å². The predicted octanol–water partition coefficient (Wildman–Crippen LogP) is 2.18. The fraction of sp³-hybridized carbons (Fsp3) is 0.500. The van der Waals surface area contributed by atoms with Gasteiger partial charge in [-0.05, 0) is 19.1 Å². The van der Waals surface area contributed by atoms with E-state index in [2.05, 4.69) is 26.0 Å². The highest BCUT2D eigenvalue weighted by Crippen LogP contribution is 2.20. The second-order valence-corrected chi connectivity index (χ2v) is 7.00. The number of halogens is 2. The molecule has 0 aromatic heterocycles. The molecule has 0 fully saturated rings. The lowest BCUT2D eigenvalue weighted by molar-refractivity contribution is 0.534. The van der Waals surface area contributed by atoms with Gasteiger partial charge in [0.1, 0.15) is 5.82 Å². The molecule has 1 aromatic rings. The smallest absolute Gasteiger partial charge is 0.212 e. The summed E-state index contributed by atoms with van der Waals surface area (Å²) in [6.45, 7) is 4.17. The maximum absolute atomic E-state index is 13.7. The minimum absolute atomic E-state index is 0.0245. The lowest BCUT2D eigenvalue weighted by Crippen LogP contribution is -2.32. The Morgan fingerprint density at radius 1 is 1.42 bits per heavy atom. The van der Waals surface area contributed by atoms with Crippen LogP contribution in [0.1, 0.15) is 25.5 Å². The van der Waals surface area contributed by atoms with Gasteiger partial charge >= 0.3 is 0 Å². The molecule has 0 aliphatic heterocycles. The molecule has 0 amide bonds. The van der Waals surface area contributed by atoms with Crippen molar-refractivity contribution in [3.63, 3.8) is 0 Å². The molecule has 0 aliphatic carbocycles. The molecule has 0 saturated carbocycles. The standard InChI is InChI=1S/C12H18BrFN2O2S/c1-3-16-19(17,18)7-6-15-9(2)11-5-4-10(13)8-12(11)14/h4-5,8-9,15-16H,3,6-7H2,1-2H3. The zero-order chi connectivity index (χ0) is 14.5. The molecule has 0 heterocycles. The van der Waals surface area contributed by atoms with Crippen LogP contribution in [-0.2, 0) is 10.0 Å². The Morgan fingerprint density at radius 3 is 2.68 bits per heavy atom. The van der Waals surface area contributed by atoms with E-state index in [1.165, 1.54) is 6.07 Å². The van der Waals surface area contributed by atoms with Crippen molar-refractivity contribution in [2.45, 2.75) is 19.9 Å². The third-order valence-corrected chi connectivity index (χ3v) is 4.58. The third-order valence-electron chi connectivity index (χ3n) is 2.61. The SMILES string of the molecule is CCNS(=O)(=O)CCNC(C)c1ccc(Br)cc1F. The predicted molar refractivity (Wildman–Crippen MR) is 78.0 cm³/mol. The average molecular weight is 353 g/mol. The van der Waals surface area contributed by atoms with Crippen LogP contribution in [0, 0.1) is 5.82 Å². The molecule has 2 N–H and O–H groups in total. The number of benzene rings is 1. The highest BCUT2D eigenvalue weighted by atomic mass is 79.9. The highest BCUT2D eigenvalue weighted by Gasteiger charge is 2.13. The van der Waals surface area contributed by atoms with Gasteiger partial charge in [0.2, 0.25) is 10.0 Å². The fourth-order valence-electron chi connectivity index (χ4n) is 1.66. The monoisotopic (exact) mass is 352 g/mol. The summed E-state index contributed by atoms with van der Waals surface area (Å²) in [4.78, 5) is 0. The van der Waals surface area contributed by atoms with Gasteiger partial charge in [-0.15, -0.1) is 0 Å². The van der Waals surface area contributed by atoms with E-state index in [0.29, 0.717) is 16.6 Å². The zero-order valence-electron chi connectivity index (χ0n) is 10.9.